The van der Waals surface area contributed by atoms with Crippen molar-refractivity contribution in [3.8, 4) is 0 Å². The summed E-state index contributed by atoms with van der Waals surface area (Å²) in [7, 11) is 0. The third-order valence-electron chi connectivity index (χ3n) is 3.38. The molecule has 4 heteroatoms. The third-order valence-corrected chi connectivity index (χ3v) is 5.55. The van der Waals surface area contributed by atoms with E-state index >= 15 is 0 Å². The lowest BCUT2D eigenvalue weighted by atomic mass is 10.1. The first kappa shape index (κ1) is 13.7. The molecule has 0 spiro atoms. The fourth-order valence-electron chi connectivity index (χ4n) is 2.22. The normalized spacial score (nSPS) is 16.8. The Hall–Kier alpha value is -1.26. The molecule has 0 saturated carbocycles. The second kappa shape index (κ2) is 5.62. The summed E-state index contributed by atoms with van der Waals surface area (Å²) in [6.45, 7) is 2.03. The quantitative estimate of drug-likeness (QED) is 0.871. The van der Waals surface area contributed by atoms with E-state index in [4.69, 9.17) is 0 Å². The average molecular weight is 348 g/mol. The number of rotatable bonds is 2. The first-order valence-corrected chi connectivity index (χ1v) is 8.12. The number of hydrogen-bond donors (Lipinski definition) is 1. The molecule has 0 saturated heterocycles. The van der Waals surface area contributed by atoms with E-state index in [-0.39, 0.29) is 11.2 Å². The van der Waals surface area contributed by atoms with Crippen molar-refractivity contribution in [3.63, 3.8) is 0 Å². The van der Waals surface area contributed by atoms with Crippen molar-refractivity contribution in [2.45, 2.75) is 23.5 Å². The molecule has 102 valence electrons. The molecule has 3 rings (SSSR count). The van der Waals surface area contributed by atoms with Gasteiger partial charge >= 0.3 is 0 Å². The standard InChI is InChI=1S/C16H14BrNOS/c1-10-6-7-12(9-13(10)17)18-16(19)15-8-11-4-2-3-5-14(11)20-15/h2-7,9,15H,8H2,1H3,(H,18,19). The van der Waals surface area contributed by atoms with Crippen molar-refractivity contribution in [2.24, 2.45) is 0 Å². The van der Waals surface area contributed by atoms with Crippen LogP contribution in [-0.4, -0.2) is 11.2 Å². The first-order chi connectivity index (χ1) is 9.63. The van der Waals surface area contributed by atoms with Crippen molar-refractivity contribution in [1.82, 2.24) is 0 Å². The Kier molecular flexibility index (Phi) is 3.85. The van der Waals surface area contributed by atoms with Gasteiger partial charge in [0.15, 0.2) is 0 Å². The smallest absolute Gasteiger partial charge is 0.238 e. The molecular formula is C16H14BrNOS. The summed E-state index contributed by atoms with van der Waals surface area (Å²) in [4.78, 5) is 13.6. The van der Waals surface area contributed by atoms with E-state index in [1.807, 2.05) is 37.3 Å². The van der Waals surface area contributed by atoms with Gasteiger partial charge in [-0.25, -0.2) is 0 Å². The summed E-state index contributed by atoms with van der Waals surface area (Å²) in [5.74, 6) is 0.0713. The lowest BCUT2D eigenvalue weighted by Crippen LogP contribution is -2.24. The molecule has 1 atom stereocenters. The Labute approximate surface area is 131 Å². The molecule has 0 fully saturated rings. The lowest BCUT2D eigenvalue weighted by Gasteiger charge is -2.11. The van der Waals surface area contributed by atoms with Crippen LogP contribution >= 0.6 is 27.7 Å². The van der Waals surface area contributed by atoms with E-state index in [0.29, 0.717) is 0 Å². The van der Waals surface area contributed by atoms with Crippen LogP contribution in [0.5, 0.6) is 0 Å². The highest BCUT2D eigenvalue weighted by Gasteiger charge is 2.27. The zero-order valence-corrected chi connectivity index (χ0v) is 13.4. The third kappa shape index (κ3) is 2.76. The summed E-state index contributed by atoms with van der Waals surface area (Å²) in [5.41, 5.74) is 3.26. The van der Waals surface area contributed by atoms with Crippen molar-refractivity contribution < 1.29 is 4.79 Å². The highest BCUT2D eigenvalue weighted by atomic mass is 79.9. The largest absolute Gasteiger partial charge is 0.325 e. The number of carbonyl (C=O) groups excluding carboxylic acids is 1. The van der Waals surface area contributed by atoms with E-state index < -0.39 is 0 Å². The Balaban J connectivity index is 1.71. The summed E-state index contributed by atoms with van der Waals surface area (Å²) >= 11 is 5.13. The van der Waals surface area contributed by atoms with Crippen LogP contribution in [0.25, 0.3) is 0 Å². The predicted octanol–water partition coefficient (Wildman–Crippen LogP) is 4.41. The van der Waals surface area contributed by atoms with Gasteiger partial charge in [-0.2, -0.15) is 0 Å². The maximum atomic E-state index is 12.3. The van der Waals surface area contributed by atoms with E-state index in [1.54, 1.807) is 11.8 Å². The summed E-state index contributed by atoms with van der Waals surface area (Å²) in [6.07, 6.45) is 0.805. The Morgan fingerprint density at radius 1 is 1.30 bits per heavy atom. The highest BCUT2D eigenvalue weighted by molar-refractivity contribution is 9.10. The van der Waals surface area contributed by atoms with Crippen LogP contribution in [0.1, 0.15) is 11.1 Å². The molecule has 1 unspecified atom stereocenters. The zero-order valence-electron chi connectivity index (χ0n) is 11.0. The van der Waals surface area contributed by atoms with Gasteiger partial charge in [-0.15, -0.1) is 11.8 Å². The minimum Gasteiger partial charge on any atom is -0.325 e. The van der Waals surface area contributed by atoms with E-state index in [2.05, 4.69) is 33.4 Å². The molecule has 2 aromatic carbocycles. The molecule has 0 bridgehead atoms. The number of benzene rings is 2. The maximum Gasteiger partial charge on any atom is 0.238 e. The van der Waals surface area contributed by atoms with Gasteiger partial charge in [0.2, 0.25) is 5.91 Å². The maximum absolute atomic E-state index is 12.3. The lowest BCUT2D eigenvalue weighted by molar-refractivity contribution is -0.115. The van der Waals surface area contributed by atoms with Crippen LogP contribution in [0.3, 0.4) is 0 Å². The van der Waals surface area contributed by atoms with Crippen LogP contribution in [0, 0.1) is 6.92 Å². The minimum absolute atomic E-state index is 0.0347. The topological polar surface area (TPSA) is 29.1 Å². The van der Waals surface area contributed by atoms with Gasteiger partial charge in [0, 0.05) is 15.1 Å². The van der Waals surface area contributed by atoms with Crippen LogP contribution in [-0.2, 0) is 11.2 Å². The predicted molar refractivity (Wildman–Crippen MR) is 87.3 cm³/mol. The zero-order chi connectivity index (χ0) is 14.1. The molecule has 1 aliphatic heterocycles. The number of amides is 1. The summed E-state index contributed by atoms with van der Waals surface area (Å²) in [6, 6.07) is 14.1. The Morgan fingerprint density at radius 3 is 2.85 bits per heavy atom. The van der Waals surface area contributed by atoms with E-state index in [9.17, 15) is 4.79 Å². The minimum atomic E-state index is -0.0347. The van der Waals surface area contributed by atoms with Crippen LogP contribution in [0.15, 0.2) is 51.8 Å². The molecule has 1 heterocycles. The Morgan fingerprint density at radius 2 is 2.10 bits per heavy atom. The molecule has 0 aliphatic carbocycles. The molecule has 1 amide bonds. The second-order valence-corrected chi connectivity index (χ2v) is 6.97. The first-order valence-electron chi connectivity index (χ1n) is 6.45. The van der Waals surface area contributed by atoms with Crippen LogP contribution in [0.2, 0.25) is 0 Å². The van der Waals surface area contributed by atoms with Gasteiger partial charge in [-0.05, 0) is 42.7 Å². The number of hydrogen-bond acceptors (Lipinski definition) is 2. The van der Waals surface area contributed by atoms with Gasteiger partial charge in [-0.1, -0.05) is 40.2 Å². The van der Waals surface area contributed by atoms with E-state index in [1.165, 1.54) is 10.5 Å². The monoisotopic (exact) mass is 347 g/mol. The van der Waals surface area contributed by atoms with Crippen LogP contribution < -0.4 is 5.32 Å². The van der Waals surface area contributed by atoms with E-state index in [0.717, 1.165) is 22.1 Å². The van der Waals surface area contributed by atoms with Crippen molar-refractivity contribution in [3.05, 3.63) is 58.1 Å². The van der Waals surface area contributed by atoms with Gasteiger partial charge in [0.1, 0.15) is 0 Å². The molecule has 0 aromatic heterocycles. The SMILES string of the molecule is Cc1ccc(NC(=O)C2Cc3ccccc3S2)cc1Br. The number of halogens is 1. The number of thioether (sulfide) groups is 1. The summed E-state index contributed by atoms with van der Waals surface area (Å²) in [5, 5.41) is 2.96. The highest BCUT2D eigenvalue weighted by Crippen LogP contribution is 2.37. The number of anilines is 1. The Bertz CT molecular complexity index is 646. The van der Waals surface area contributed by atoms with Crippen molar-refractivity contribution in [1.29, 1.82) is 0 Å². The fourth-order valence-corrected chi connectivity index (χ4v) is 3.80. The van der Waals surface area contributed by atoms with Crippen molar-refractivity contribution >= 4 is 39.3 Å². The molecule has 2 aromatic rings. The van der Waals surface area contributed by atoms with Crippen molar-refractivity contribution in [2.75, 3.05) is 5.32 Å². The summed E-state index contributed by atoms with van der Waals surface area (Å²) < 4.78 is 1.01. The average Bonchev–Trinajstić information content (AvgIpc) is 2.87. The fraction of sp³-hybridized carbons (Fsp3) is 0.188. The number of aryl methyl sites for hydroxylation is 1. The molecule has 2 nitrogen and oxygen atoms in total. The van der Waals surface area contributed by atoms with Gasteiger partial charge in [0.25, 0.3) is 0 Å². The van der Waals surface area contributed by atoms with Gasteiger partial charge in [-0.3, -0.25) is 4.79 Å². The number of fused-ring (bicyclic) bond motifs is 1. The van der Waals surface area contributed by atoms with Gasteiger partial charge < -0.3 is 5.32 Å². The number of carbonyl (C=O) groups is 1. The molecule has 20 heavy (non-hydrogen) atoms. The van der Waals surface area contributed by atoms with Gasteiger partial charge in [0.05, 0.1) is 5.25 Å². The second-order valence-electron chi connectivity index (χ2n) is 4.87. The molecule has 1 aliphatic rings. The number of nitrogens with one attached hydrogen (secondary N) is 1. The van der Waals surface area contributed by atoms with Crippen LogP contribution in [0.4, 0.5) is 5.69 Å². The molecule has 1 N–H and O–H groups in total. The molecular weight excluding hydrogens is 334 g/mol. The molecule has 0 radical (unpaired) electrons.